The van der Waals surface area contributed by atoms with Gasteiger partial charge in [-0.25, -0.2) is 4.39 Å². The van der Waals surface area contributed by atoms with Crippen molar-refractivity contribution in [3.8, 4) is 0 Å². The molecule has 5 unspecified atom stereocenters. The first kappa shape index (κ1) is 19.3. The number of hydrogen-bond donors (Lipinski definition) is 1. The maximum absolute atomic E-state index is 14.1. The Morgan fingerprint density at radius 1 is 1.34 bits per heavy atom. The second-order valence-corrected chi connectivity index (χ2v) is 10.3. The minimum atomic E-state index is -0.658. The molecule has 2 saturated carbocycles. The number of fused-ring (bicyclic) bond motifs is 2. The van der Waals surface area contributed by atoms with Gasteiger partial charge in [0.2, 0.25) is 5.91 Å². The average Bonchev–Trinajstić information content (AvgIpc) is 2.88. The van der Waals surface area contributed by atoms with Crippen molar-refractivity contribution in [3.63, 3.8) is 0 Å². The van der Waals surface area contributed by atoms with Crippen LogP contribution in [0.1, 0.15) is 64.0 Å². The highest BCUT2D eigenvalue weighted by Crippen LogP contribution is 2.55. The van der Waals surface area contributed by atoms with Crippen LogP contribution in [0.2, 0.25) is 5.02 Å². The summed E-state index contributed by atoms with van der Waals surface area (Å²) in [4.78, 5) is 15.7. The monoisotopic (exact) mass is 419 g/mol. The van der Waals surface area contributed by atoms with Gasteiger partial charge in [-0.1, -0.05) is 18.5 Å². The smallest absolute Gasteiger partial charge is 0.232 e. The van der Waals surface area contributed by atoms with Crippen LogP contribution in [0.4, 0.5) is 4.39 Å². The first-order valence-corrected chi connectivity index (χ1v) is 10.8. The van der Waals surface area contributed by atoms with Crippen molar-refractivity contribution in [2.24, 2.45) is 12.5 Å². The van der Waals surface area contributed by atoms with E-state index >= 15 is 0 Å². The van der Waals surface area contributed by atoms with Crippen LogP contribution < -0.4 is 0 Å². The van der Waals surface area contributed by atoms with Gasteiger partial charge >= 0.3 is 0 Å². The molecular formula is C22H27ClFN3O2. The van der Waals surface area contributed by atoms with Gasteiger partial charge < -0.3 is 10.0 Å². The van der Waals surface area contributed by atoms with E-state index in [1.54, 1.807) is 17.8 Å². The molecule has 4 aliphatic rings. The van der Waals surface area contributed by atoms with Crippen LogP contribution in [0.5, 0.6) is 0 Å². The van der Waals surface area contributed by atoms with Crippen molar-refractivity contribution >= 4 is 28.4 Å². The topological polar surface area (TPSA) is 58.4 Å². The maximum atomic E-state index is 14.1. The minimum Gasteiger partial charge on any atom is -0.390 e. The number of aliphatic hydroxyl groups is 1. The highest BCUT2D eigenvalue weighted by Gasteiger charge is 2.56. The molecule has 0 radical (unpaired) electrons. The van der Waals surface area contributed by atoms with Gasteiger partial charge in [0, 0.05) is 24.5 Å². The zero-order valence-electron chi connectivity index (χ0n) is 17.1. The molecule has 6 rings (SSSR count). The van der Waals surface area contributed by atoms with E-state index in [1.807, 2.05) is 11.8 Å². The van der Waals surface area contributed by atoms with Gasteiger partial charge in [0.05, 0.1) is 27.8 Å². The van der Waals surface area contributed by atoms with Crippen LogP contribution in [0.15, 0.2) is 12.1 Å². The Bertz CT molecular complexity index is 1020. The maximum Gasteiger partial charge on any atom is 0.232 e. The highest BCUT2D eigenvalue weighted by molar-refractivity contribution is 6.35. The number of halogens is 2. The van der Waals surface area contributed by atoms with E-state index in [0.717, 1.165) is 32.1 Å². The molecule has 1 aromatic heterocycles. The highest BCUT2D eigenvalue weighted by atomic mass is 35.5. The lowest BCUT2D eigenvalue weighted by Crippen LogP contribution is -2.59. The van der Waals surface area contributed by atoms with Gasteiger partial charge in [0.25, 0.3) is 0 Å². The largest absolute Gasteiger partial charge is 0.390 e. The van der Waals surface area contributed by atoms with E-state index in [4.69, 9.17) is 11.6 Å². The van der Waals surface area contributed by atoms with Gasteiger partial charge in [-0.15, -0.1) is 0 Å². The summed E-state index contributed by atoms with van der Waals surface area (Å²) in [5.41, 5.74) is 0.678. The number of nitrogens with zero attached hydrogens (tertiary/aromatic N) is 3. The second kappa shape index (κ2) is 6.17. The summed E-state index contributed by atoms with van der Waals surface area (Å²) in [6, 6.07) is 3.18. The number of benzene rings is 1. The number of amides is 1. The number of aryl methyl sites for hydroxylation is 1. The molecule has 5 atom stereocenters. The predicted octanol–water partition coefficient (Wildman–Crippen LogP) is 4.15. The molecule has 2 aromatic rings. The molecule has 7 heteroatoms. The number of piperidine rings is 1. The van der Waals surface area contributed by atoms with E-state index in [9.17, 15) is 14.3 Å². The third-order valence-corrected chi connectivity index (χ3v) is 7.90. The van der Waals surface area contributed by atoms with E-state index in [1.165, 1.54) is 6.07 Å². The van der Waals surface area contributed by atoms with Crippen LogP contribution in [0.3, 0.4) is 0 Å². The fourth-order valence-electron chi connectivity index (χ4n) is 6.53. The Labute approximate surface area is 174 Å². The number of aromatic nitrogens is 2. The van der Waals surface area contributed by atoms with Gasteiger partial charge in [-0.2, -0.15) is 5.10 Å². The molecular weight excluding hydrogens is 393 g/mol. The lowest BCUT2D eigenvalue weighted by Gasteiger charge is -2.54. The standard InChI is InChI=1S/C22H27ClFN3O2/c1-12(19-17-16(26(3)25-19)5-4-15(24)18(17)23)20(28)27-13-6-7-22(29)10-14(27)9-21(2,8-13)11-22/h4-5,12-14,29H,6-11H2,1-3H3. The summed E-state index contributed by atoms with van der Waals surface area (Å²) < 4.78 is 15.8. The molecule has 4 fully saturated rings. The fourth-order valence-corrected chi connectivity index (χ4v) is 6.78. The fraction of sp³-hybridized carbons (Fsp3) is 0.636. The first-order chi connectivity index (χ1) is 13.6. The Balaban J connectivity index is 1.54. The molecule has 5 nitrogen and oxygen atoms in total. The average molecular weight is 420 g/mol. The second-order valence-electron chi connectivity index (χ2n) is 9.90. The molecule has 1 N–H and O–H groups in total. The molecule has 2 saturated heterocycles. The SMILES string of the molecule is CC(C(=O)N1C2CCC3(O)CC1CC(C)(C2)C3)c1nn(C)c2ccc(F)c(Cl)c12. The summed E-state index contributed by atoms with van der Waals surface area (Å²) in [6.07, 6.45) is 4.94. The van der Waals surface area contributed by atoms with Gasteiger partial charge in [-0.05, 0) is 63.0 Å². The van der Waals surface area contributed by atoms with Crippen molar-refractivity contribution in [2.45, 2.75) is 76.0 Å². The third-order valence-electron chi connectivity index (χ3n) is 7.53. The van der Waals surface area contributed by atoms with Crippen molar-refractivity contribution in [1.29, 1.82) is 0 Å². The van der Waals surface area contributed by atoms with Crippen LogP contribution in [-0.4, -0.2) is 43.4 Å². The molecule has 2 aliphatic carbocycles. The number of hydrogen-bond acceptors (Lipinski definition) is 3. The molecule has 0 spiro atoms. The summed E-state index contributed by atoms with van der Waals surface area (Å²) in [7, 11) is 1.78. The lowest BCUT2D eigenvalue weighted by atomic mass is 9.63. The Hall–Kier alpha value is -1.66. The Kier molecular flexibility index (Phi) is 4.11. The van der Waals surface area contributed by atoms with E-state index in [-0.39, 0.29) is 28.4 Å². The minimum absolute atomic E-state index is 0.00790. The van der Waals surface area contributed by atoms with Crippen LogP contribution in [0.25, 0.3) is 10.9 Å². The third kappa shape index (κ3) is 2.82. The molecule has 29 heavy (non-hydrogen) atoms. The molecule has 4 bridgehead atoms. The Morgan fingerprint density at radius 3 is 2.83 bits per heavy atom. The summed E-state index contributed by atoms with van der Waals surface area (Å²) in [6.45, 7) is 4.09. The van der Waals surface area contributed by atoms with E-state index < -0.39 is 17.3 Å². The predicted molar refractivity (Wildman–Crippen MR) is 109 cm³/mol. The van der Waals surface area contributed by atoms with Gasteiger partial charge in [0.1, 0.15) is 5.82 Å². The van der Waals surface area contributed by atoms with Gasteiger partial charge in [-0.3, -0.25) is 9.48 Å². The Morgan fingerprint density at radius 2 is 2.07 bits per heavy atom. The molecule has 156 valence electrons. The van der Waals surface area contributed by atoms with Crippen LogP contribution in [0, 0.1) is 11.2 Å². The number of carbonyl (C=O) groups excluding carboxylic acids is 1. The van der Waals surface area contributed by atoms with Crippen LogP contribution in [-0.2, 0) is 11.8 Å². The number of rotatable bonds is 2. The quantitative estimate of drug-likeness (QED) is 0.795. The van der Waals surface area contributed by atoms with Crippen LogP contribution >= 0.6 is 11.6 Å². The van der Waals surface area contributed by atoms with Crippen molar-refractivity contribution in [1.82, 2.24) is 14.7 Å². The lowest BCUT2D eigenvalue weighted by molar-refractivity contribution is -0.150. The summed E-state index contributed by atoms with van der Waals surface area (Å²) >= 11 is 6.28. The zero-order valence-corrected chi connectivity index (χ0v) is 17.8. The van der Waals surface area contributed by atoms with E-state index in [0.29, 0.717) is 23.0 Å². The van der Waals surface area contributed by atoms with Crippen molar-refractivity contribution < 1.29 is 14.3 Å². The summed E-state index contributed by atoms with van der Waals surface area (Å²) in [5.74, 6) is -1.03. The molecule has 1 aromatic carbocycles. The normalized spacial score (nSPS) is 34.6. The van der Waals surface area contributed by atoms with Crippen molar-refractivity contribution in [3.05, 3.63) is 28.7 Å². The van der Waals surface area contributed by atoms with E-state index in [2.05, 4.69) is 12.0 Å². The zero-order chi connectivity index (χ0) is 20.7. The first-order valence-electron chi connectivity index (χ1n) is 10.5. The molecule has 2 aliphatic heterocycles. The summed E-state index contributed by atoms with van der Waals surface area (Å²) in [5, 5.41) is 16.2. The molecule has 3 heterocycles. The molecule has 1 amide bonds. The van der Waals surface area contributed by atoms with Crippen molar-refractivity contribution in [2.75, 3.05) is 0 Å². The van der Waals surface area contributed by atoms with Gasteiger partial charge in [0.15, 0.2) is 0 Å². The number of carbonyl (C=O) groups is 1.